The number of hydrogen-bond donors (Lipinski definition) is 1. The third-order valence-electron chi connectivity index (χ3n) is 2.58. The minimum absolute atomic E-state index is 0.123. The van der Waals surface area contributed by atoms with E-state index in [9.17, 15) is 12.8 Å². The molecule has 1 aromatic carbocycles. The lowest BCUT2D eigenvalue weighted by molar-refractivity contribution is 0.525. The van der Waals surface area contributed by atoms with Gasteiger partial charge in [-0.05, 0) is 32.0 Å². The minimum Gasteiger partial charge on any atom is -0.310 e. The molecule has 0 aliphatic carbocycles. The Balaban J connectivity index is 2.53. The number of halogens is 2. The Morgan fingerprint density at radius 2 is 2.11 bits per heavy atom. The van der Waals surface area contributed by atoms with Gasteiger partial charge >= 0.3 is 0 Å². The van der Waals surface area contributed by atoms with Gasteiger partial charge in [0.1, 0.15) is 15.7 Å². The van der Waals surface area contributed by atoms with Crippen LogP contribution in [0.25, 0.3) is 0 Å². The highest BCUT2D eigenvalue weighted by Gasteiger charge is 2.14. The third-order valence-corrected chi connectivity index (χ3v) is 3.93. The number of benzene rings is 1. The van der Waals surface area contributed by atoms with Gasteiger partial charge in [0.05, 0.1) is 5.75 Å². The molecule has 0 bridgehead atoms. The van der Waals surface area contributed by atoms with Crippen molar-refractivity contribution in [3.8, 4) is 0 Å². The molecule has 18 heavy (non-hydrogen) atoms. The lowest BCUT2D eigenvalue weighted by Gasteiger charge is -2.16. The third kappa shape index (κ3) is 4.92. The van der Waals surface area contributed by atoms with E-state index < -0.39 is 9.84 Å². The molecule has 102 valence electrons. The average Bonchev–Trinajstić information content (AvgIpc) is 2.23. The van der Waals surface area contributed by atoms with Gasteiger partial charge < -0.3 is 5.32 Å². The van der Waals surface area contributed by atoms with E-state index >= 15 is 0 Å². The summed E-state index contributed by atoms with van der Waals surface area (Å²) < 4.78 is 35.5. The van der Waals surface area contributed by atoms with Crippen molar-refractivity contribution in [2.75, 3.05) is 18.6 Å². The highest BCUT2D eigenvalue weighted by atomic mass is 35.5. The zero-order chi connectivity index (χ0) is 13.8. The van der Waals surface area contributed by atoms with E-state index in [4.69, 9.17) is 11.6 Å². The zero-order valence-corrected chi connectivity index (χ0v) is 12.0. The second kappa shape index (κ2) is 6.50. The van der Waals surface area contributed by atoms with Gasteiger partial charge in [-0.25, -0.2) is 12.8 Å². The van der Waals surface area contributed by atoms with Crippen molar-refractivity contribution in [1.29, 1.82) is 0 Å². The van der Waals surface area contributed by atoms with E-state index in [0.717, 1.165) is 0 Å². The summed E-state index contributed by atoms with van der Waals surface area (Å²) >= 11 is 5.93. The fourth-order valence-electron chi connectivity index (χ4n) is 1.68. The van der Waals surface area contributed by atoms with Crippen molar-refractivity contribution in [2.24, 2.45) is 0 Å². The van der Waals surface area contributed by atoms with Crippen LogP contribution in [0, 0.1) is 5.82 Å². The fraction of sp³-hybridized carbons (Fsp3) is 0.500. The first-order chi connectivity index (χ1) is 8.31. The van der Waals surface area contributed by atoms with Crippen molar-refractivity contribution in [3.05, 3.63) is 34.6 Å². The van der Waals surface area contributed by atoms with Gasteiger partial charge in [0.15, 0.2) is 0 Å². The van der Waals surface area contributed by atoms with Crippen LogP contribution in [0.3, 0.4) is 0 Å². The molecule has 0 heterocycles. The molecule has 6 heteroatoms. The second-order valence-corrected chi connectivity index (χ2v) is 6.96. The van der Waals surface area contributed by atoms with Crippen molar-refractivity contribution >= 4 is 21.4 Å². The number of sulfone groups is 1. The van der Waals surface area contributed by atoms with Crippen molar-refractivity contribution < 1.29 is 12.8 Å². The quantitative estimate of drug-likeness (QED) is 0.820. The number of nitrogens with one attached hydrogen (secondary N) is 1. The maximum absolute atomic E-state index is 13.6. The SMILES string of the molecule is CC(NCCCS(C)(=O)=O)c1c(F)cccc1Cl. The summed E-state index contributed by atoms with van der Waals surface area (Å²) in [5.41, 5.74) is 0.415. The molecule has 1 atom stereocenters. The first kappa shape index (κ1) is 15.4. The van der Waals surface area contributed by atoms with Crippen LogP contribution in [0.15, 0.2) is 18.2 Å². The summed E-state index contributed by atoms with van der Waals surface area (Å²) in [4.78, 5) is 0. The van der Waals surface area contributed by atoms with Gasteiger partial charge in [-0.15, -0.1) is 0 Å². The standard InChI is InChI=1S/C12H17ClFNO2S/c1-9(15-7-4-8-18(2,16)17)12-10(13)5-3-6-11(12)14/h3,5-6,9,15H,4,7-8H2,1-2H3. The molecule has 0 amide bonds. The molecule has 0 aliphatic rings. The van der Waals surface area contributed by atoms with Crippen LogP contribution < -0.4 is 5.32 Å². The fourth-order valence-corrected chi connectivity index (χ4v) is 2.67. The van der Waals surface area contributed by atoms with Crippen LogP contribution in [-0.2, 0) is 9.84 Å². The first-order valence-electron chi connectivity index (χ1n) is 5.66. The summed E-state index contributed by atoms with van der Waals surface area (Å²) in [6, 6.07) is 4.29. The summed E-state index contributed by atoms with van der Waals surface area (Å²) in [5.74, 6) is -0.233. The molecule has 1 rings (SSSR count). The minimum atomic E-state index is -2.94. The number of hydrogen-bond acceptors (Lipinski definition) is 3. The molecule has 0 radical (unpaired) electrons. The summed E-state index contributed by atoms with van der Waals surface area (Å²) in [6.07, 6.45) is 1.69. The van der Waals surface area contributed by atoms with Crippen LogP contribution in [0.1, 0.15) is 24.9 Å². The highest BCUT2D eigenvalue weighted by Crippen LogP contribution is 2.25. The van der Waals surface area contributed by atoms with E-state index in [1.165, 1.54) is 12.3 Å². The molecule has 1 aromatic rings. The van der Waals surface area contributed by atoms with Crippen molar-refractivity contribution in [3.63, 3.8) is 0 Å². The van der Waals surface area contributed by atoms with Gasteiger partial charge in [0.2, 0.25) is 0 Å². The van der Waals surface area contributed by atoms with Crippen LogP contribution in [0.2, 0.25) is 5.02 Å². The van der Waals surface area contributed by atoms with E-state index in [1.54, 1.807) is 19.1 Å². The van der Waals surface area contributed by atoms with Crippen molar-refractivity contribution in [1.82, 2.24) is 5.32 Å². The molecular formula is C12H17ClFNO2S. The lowest BCUT2D eigenvalue weighted by atomic mass is 10.1. The van der Waals surface area contributed by atoms with E-state index in [2.05, 4.69) is 5.32 Å². The number of rotatable bonds is 6. The van der Waals surface area contributed by atoms with Crippen molar-refractivity contribution in [2.45, 2.75) is 19.4 Å². The van der Waals surface area contributed by atoms with Gasteiger partial charge in [0, 0.05) is 22.9 Å². The molecule has 1 unspecified atom stereocenters. The topological polar surface area (TPSA) is 46.2 Å². The van der Waals surface area contributed by atoms with Crippen LogP contribution in [0.5, 0.6) is 0 Å². The monoisotopic (exact) mass is 293 g/mol. The Morgan fingerprint density at radius 3 is 2.67 bits per heavy atom. The molecule has 0 spiro atoms. The molecule has 0 saturated carbocycles. The van der Waals surface area contributed by atoms with E-state index in [0.29, 0.717) is 23.6 Å². The summed E-state index contributed by atoms with van der Waals surface area (Å²) in [5, 5.41) is 3.44. The maximum Gasteiger partial charge on any atom is 0.147 e. The van der Waals surface area contributed by atoms with Gasteiger partial charge in [0.25, 0.3) is 0 Å². The highest BCUT2D eigenvalue weighted by molar-refractivity contribution is 7.90. The molecule has 0 aromatic heterocycles. The molecule has 1 N–H and O–H groups in total. The van der Waals surface area contributed by atoms with Gasteiger partial charge in [-0.2, -0.15) is 0 Å². The second-order valence-electron chi connectivity index (χ2n) is 4.29. The normalized spacial score (nSPS) is 13.6. The average molecular weight is 294 g/mol. The first-order valence-corrected chi connectivity index (χ1v) is 8.10. The maximum atomic E-state index is 13.6. The largest absolute Gasteiger partial charge is 0.310 e. The van der Waals surface area contributed by atoms with Gasteiger partial charge in [-0.1, -0.05) is 17.7 Å². The Kier molecular flexibility index (Phi) is 5.56. The molecule has 0 saturated heterocycles. The Bertz CT molecular complexity index is 485. The predicted octanol–water partition coefficient (Wildman–Crippen LogP) is 2.56. The van der Waals surface area contributed by atoms with Crippen LogP contribution in [-0.4, -0.2) is 27.0 Å². The lowest BCUT2D eigenvalue weighted by Crippen LogP contribution is -2.23. The van der Waals surface area contributed by atoms with Gasteiger partial charge in [-0.3, -0.25) is 0 Å². The van der Waals surface area contributed by atoms with Crippen LogP contribution in [0.4, 0.5) is 4.39 Å². The summed E-state index contributed by atoms with van der Waals surface area (Å²) in [6.45, 7) is 2.30. The molecule has 0 aliphatic heterocycles. The van der Waals surface area contributed by atoms with E-state index in [-0.39, 0.29) is 17.6 Å². The Hall–Kier alpha value is -0.650. The summed E-state index contributed by atoms with van der Waals surface area (Å²) in [7, 11) is -2.94. The predicted molar refractivity (Wildman–Crippen MR) is 72.2 cm³/mol. The molecule has 0 fully saturated rings. The van der Waals surface area contributed by atoms with Crippen LogP contribution >= 0.6 is 11.6 Å². The Morgan fingerprint density at radius 1 is 1.44 bits per heavy atom. The smallest absolute Gasteiger partial charge is 0.147 e. The molecular weight excluding hydrogens is 277 g/mol. The zero-order valence-electron chi connectivity index (χ0n) is 10.4. The molecule has 3 nitrogen and oxygen atoms in total. The van der Waals surface area contributed by atoms with E-state index in [1.807, 2.05) is 0 Å². The Labute approximate surface area is 112 Å².